The van der Waals surface area contributed by atoms with E-state index in [4.69, 9.17) is 0 Å². The van der Waals surface area contributed by atoms with Gasteiger partial charge in [0.25, 0.3) is 0 Å². The Morgan fingerprint density at radius 2 is 1.23 bits per heavy atom. The third kappa shape index (κ3) is 1.74. The molecule has 2 atom stereocenters. The van der Waals surface area contributed by atoms with Gasteiger partial charge in [-0.15, -0.1) is 0 Å². The summed E-state index contributed by atoms with van der Waals surface area (Å²) in [6, 6.07) is 0. The van der Waals surface area contributed by atoms with Crippen molar-refractivity contribution in [3.05, 3.63) is 0 Å². The monoisotopic (exact) mass is 184 g/mol. The molecule has 0 aromatic rings. The SMILES string of the molecule is CC(C)C1C(=O)OC(=O)C1C(C)C. The quantitative estimate of drug-likeness (QED) is 0.483. The minimum absolute atomic E-state index is 0.173. The van der Waals surface area contributed by atoms with E-state index in [2.05, 4.69) is 4.74 Å². The maximum atomic E-state index is 11.3. The minimum Gasteiger partial charge on any atom is -0.393 e. The largest absolute Gasteiger partial charge is 0.393 e. The molecule has 1 saturated heterocycles. The van der Waals surface area contributed by atoms with Gasteiger partial charge in [0.15, 0.2) is 0 Å². The Hall–Kier alpha value is -0.860. The van der Waals surface area contributed by atoms with Gasteiger partial charge >= 0.3 is 11.9 Å². The number of hydrogen-bond acceptors (Lipinski definition) is 3. The van der Waals surface area contributed by atoms with E-state index in [0.29, 0.717) is 0 Å². The highest BCUT2D eigenvalue weighted by molar-refractivity contribution is 5.96. The van der Waals surface area contributed by atoms with Crippen LogP contribution >= 0.6 is 0 Å². The van der Waals surface area contributed by atoms with Gasteiger partial charge in [-0.2, -0.15) is 0 Å². The molecule has 0 radical (unpaired) electrons. The van der Waals surface area contributed by atoms with E-state index in [1.807, 2.05) is 27.7 Å². The second-order valence-electron chi connectivity index (χ2n) is 4.28. The van der Waals surface area contributed by atoms with Gasteiger partial charge in [0, 0.05) is 0 Å². The van der Waals surface area contributed by atoms with Crippen LogP contribution in [0.25, 0.3) is 0 Å². The van der Waals surface area contributed by atoms with Crippen LogP contribution in [0.3, 0.4) is 0 Å². The Morgan fingerprint density at radius 1 is 0.923 bits per heavy atom. The Labute approximate surface area is 78.5 Å². The summed E-state index contributed by atoms with van der Waals surface area (Å²) >= 11 is 0. The van der Waals surface area contributed by atoms with Crippen molar-refractivity contribution in [1.82, 2.24) is 0 Å². The summed E-state index contributed by atoms with van der Waals surface area (Å²) < 4.78 is 4.63. The Bertz CT molecular complexity index is 206. The van der Waals surface area contributed by atoms with Gasteiger partial charge in [-0.1, -0.05) is 27.7 Å². The van der Waals surface area contributed by atoms with Crippen molar-refractivity contribution in [2.24, 2.45) is 23.7 Å². The van der Waals surface area contributed by atoms with Crippen LogP contribution in [-0.2, 0) is 14.3 Å². The average molecular weight is 184 g/mol. The fourth-order valence-electron chi connectivity index (χ4n) is 1.90. The molecule has 74 valence electrons. The van der Waals surface area contributed by atoms with Gasteiger partial charge in [-0.05, 0) is 11.8 Å². The van der Waals surface area contributed by atoms with Crippen LogP contribution in [0.2, 0.25) is 0 Å². The molecule has 1 heterocycles. The lowest BCUT2D eigenvalue weighted by atomic mass is 9.79. The van der Waals surface area contributed by atoms with Crippen LogP contribution in [0.4, 0.5) is 0 Å². The first-order valence-electron chi connectivity index (χ1n) is 4.70. The first-order chi connectivity index (χ1) is 5.95. The zero-order valence-corrected chi connectivity index (χ0v) is 8.53. The molecule has 0 bridgehead atoms. The zero-order valence-electron chi connectivity index (χ0n) is 8.53. The normalized spacial score (nSPS) is 28.8. The lowest BCUT2D eigenvalue weighted by Crippen LogP contribution is -2.27. The van der Waals surface area contributed by atoms with Crippen molar-refractivity contribution in [2.75, 3.05) is 0 Å². The topological polar surface area (TPSA) is 43.4 Å². The molecule has 0 aliphatic carbocycles. The standard InChI is InChI=1S/C10H16O3/c1-5(2)7-8(6(3)4)10(12)13-9(7)11/h5-8H,1-4H3. The summed E-state index contributed by atoms with van der Waals surface area (Å²) in [6.45, 7) is 7.78. The molecule has 1 aliphatic heterocycles. The molecule has 3 nitrogen and oxygen atoms in total. The number of cyclic esters (lactones) is 2. The highest BCUT2D eigenvalue weighted by Gasteiger charge is 2.46. The molecule has 1 aliphatic rings. The third-order valence-corrected chi connectivity index (χ3v) is 2.57. The molecule has 0 saturated carbocycles. The predicted molar refractivity (Wildman–Crippen MR) is 47.8 cm³/mol. The van der Waals surface area contributed by atoms with E-state index in [1.165, 1.54) is 0 Å². The van der Waals surface area contributed by atoms with Crippen molar-refractivity contribution in [2.45, 2.75) is 27.7 Å². The fraction of sp³-hybridized carbons (Fsp3) is 0.800. The third-order valence-electron chi connectivity index (χ3n) is 2.57. The number of hydrogen-bond donors (Lipinski definition) is 0. The van der Waals surface area contributed by atoms with Crippen LogP contribution in [0.1, 0.15) is 27.7 Å². The highest BCUT2D eigenvalue weighted by atomic mass is 16.6. The first kappa shape index (κ1) is 10.2. The summed E-state index contributed by atoms with van der Waals surface area (Å²) in [5.41, 5.74) is 0. The first-order valence-corrected chi connectivity index (χ1v) is 4.70. The van der Waals surface area contributed by atoms with E-state index in [1.54, 1.807) is 0 Å². The molecule has 1 rings (SSSR count). The van der Waals surface area contributed by atoms with Crippen molar-refractivity contribution < 1.29 is 14.3 Å². The number of carbonyl (C=O) groups is 2. The molecule has 1 fully saturated rings. The molecule has 0 spiro atoms. The zero-order chi connectivity index (χ0) is 10.2. The molecular formula is C10H16O3. The number of ether oxygens (including phenoxy) is 1. The molecule has 0 amide bonds. The van der Waals surface area contributed by atoms with E-state index < -0.39 is 0 Å². The number of rotatable bonds is 2. The Morgan fingerprint density at radius 3 is 1.46 bits per heavy atom. The summed E-state index contributed by atoms with van der Waals surface area (Å²) in [4.78, 5) is 22.6. The van der Waals surface area contributed by atoms with E-state index in [0.717, 1.165) is 0 Å². The van der Waals surface area contributed by atoms with E-state index in [9.17, 15) is 9.59 Å². The lowest BCUT2D eigenvalue weighted by Gasteiger charge is -2.19. The van der Waals surface area contributed by atoms with Crippen molar-refractivity contribution >= 4 is 11.9 Å². The molecule has 0 aromatic carbocycles. The number of esters is 2. The molecule has 3 heteroatoms. The molecule has 2 unspecified atom stereocenters. The van der Waals surface area contributed by atoms with Gasteiger partial charge < -0.3 is 4.74 Å². The molecule has 0 N–H and O–H groups in total. The van der Waals surface area contributed by atoms with Gasteiger partial charge in [0.1, 0.15) is 0 Å². The van der Waals surface area contributed by atoms with Crippen LogP contribution in [0.5, 0.6) is 0 Å². The maximum Gasteiger partial charge on any atom is 0.317 e. The second-order valence-corrected chi connectivity index (χ2v) is 4.28. The van der Waals surface area contributed by atoms with Crippen molar-refractivity contribution in [3.8, 4) is 0 Å². The summed E-state index contributed by atoms with van der Waals surface area (Å²) in [5.74, 6) is -0.838. The predicted octanol–water partition coefficient (Wildman–Crippen LogP) is 1.61. The van der Waals surface area contributed by atoms with Crippen LogP contribution in [-0.4, -0.2) is 11.9 Å². The molecule has 13 heavy (non-hydrogen) atoms. The van der Waals surface area contributed by atoms with Crippen LogP contribution in [0, 0.1) is 23.7 Å². The molecular weight excluding hydrogens is 168 g/mol. The van der Waals surface area contributed by atoms with Crippen LogP contribution < -0.4 is 0 Å². The van der Waals surface area contributed by atoms with Gasteiger partial charge in [-0.3, -0.25) is 9.59 Å². The van der Waals surface area contributed by atoms with Crippen LogP contribution in [0.15, 0.2) is 0 Å². The second kappa shape index (κ2) is 3.48. The smallest absolute Gasteiger partial charge is 0.317 e. The minimum atomic E-state index is -0.348. The Kier molecular flexibility index (Phi) is 2.74. The van der Waals surface area contributed by atoms with Gasteiger partial charge in [-0.25, -0.2) is 0 Å². The number of carbonyl (C=O) groups excluding carboxylic acids is 2. The lowest BCUT2D eigenvalue weighted by molar-refractivity contribution is -0.154. The Balaban J connectivity index is 2.90. The average Bonchev–Trinajstić information content (AvgIpc) is 2.24. The fourth-order valence-corrected chi connectivity index (χ4v) is 1.90. The van der Waals surface area contributed by atoms with Gasteiger partial charge in [0.2, 0.25) is 0 Å². The van der Waals surface area contributed by atoms with Crippen molar-refractivity contribution in [3.63, 3.8) is 0 Å². The van der Waals surface area contributed by atoms with E-state index in [-0.39, 0.29) is 35.6 Å². The highest BCUT2D eigenvalue weighted by Crippen LogP contribution is 2.34. The summed E-state index contributed by atoms with van der Waals surface area (Å²) in [7, 11) is 0. The summed E-state index contributed by atoms with van der Waals surface area (Å²) in [6.07, 6.45) is 0. The summed E-state index contributed by atoms with van der Waals surface area (Å²) in [5, 5.41) is 0. The molecule has 0 aromatic heterocycles. The maximum absolute atomic E-state index is 11.3. The van der Waals surface area contributed by atoms with Crippen molar-refractivity contribution in [1.29, 1.82) is 0 Å². The van der Waals surface area contributed by atoms with Gasteiger partial charge in [0.05, 0.1) is 11.8 Å². The van der Waals surface area contributed by atoms with E-state index >= 15 is 0 Å².